The van der Waals surface area contributed by atoms with Gasteiger partial charge in [0.2, 0.25) is 0 Å². The number of nitrogens with one attached hydrogen (secondary N) is 2. The van der Waals surface area contributed by atoms with E-state index >= 15 is 0 Å². The van der Waals surface area contributed by atoms with E-state index in [-0.39, 0.29) is 5.56 Å². The zero-order valence-corrected chi connectivity index (χ0v) is 10.9. The Morgan fingerprint density at radius 2 is 2.26 bits per heavy atom. The molecule has 2 rings (SSSR count). The Bertz CT molecular complexity index is 471. The maximum absolute atomic E-state index is 13.7. The Labute approximate surface area is 111 Å². The number of hydrogen-bond donors (Lipinski definition) is 2. The Morgan fingerprint density at radius 1 is 1.47 bits per heavy atom. The number of amides is 1. The van der Waals surface area contributed by atoms with Crippen LogP contribution in [-0.2, 0) is 0 Å². The molecule has 1 aromatic rings. The van der Waals surface area contributed by atoms with E-state index < -0.39 is 23.1 Å². The third-order valence-electron chi connectivity index (χ3n) is 3.51. The van der Waals surface area contributed by atoms with Crippen LogP contribution in [-0.4, -0.2) is 25.5 Å². The van der Waals surface area contributed by atoms with Gasteiger partial charge in [-0.25, -0.2) is 8.78 Å². The van der Waals surface area contributed by atoms with E-state index in [1.54, 1.807) is 0 Å². The minimum atomic E-state index is -0.817. The number of halogens is 2. The molecule has 1 aromatic carbocycles. The van der Waals surface area contributed by atoms with Crippen molar-refractivity contribution in [2.24, 2.45) is 5.92 Å². The molecule has 1 heterocycles. The molecule has 0 saturated carbocycles. The summed E-state index contributed by atoms with van der Waals surface area (Å²) >= 11 is 0. The highest BCUT2D eigenvalue weighted by Gasteiger charge is 2.19. The molecular formula is C14H18F2N2O. The van der Waals surface area contributed by atoms with Gasteiger partial charge in [-0.3, -0.25) is 4.79 Å². The summed E-state index contributed by atoms with van der Waals surface area (Å²) in [5.41, 5.74) is -0.212. The normalized spacial score (nSPS) is 18.6. The van der Waals surface area contributed by atoms with Gasteiger partial charge in [0.05, 0.1) is 0 Å². The van der Waals surface area contributed by atoms with Gasteiger partial charge in [-0.05, 0) is 50.4 Å². The van der Waals surface area contributed by atoms with Crippen molar-refractivity contribution in [3.63, 3.8) is 0 Å². The molecule has 104 valence electrons. The van der Waals surface area contributed by atoms with E-state index in [9.17, 15) is 13.6 Å². The molecule has 0 aliphatic carbocycles. The molecular weight excluding hydrogens is 250 g/mol. The van der Waals surface area contributed by atoms with Crippen LogP contribution in [0.5, 0.6) is 0 Å². The smallest absolute Gasteiger partial charge is 0.257 e. The Kier molecular flexibility index (Phi) is 4.47. The number of rotatable bonds is 4. The van der Waals surface area contributed by atoms with Gasteiger partial charge in [-0.2, -0.15) is 0 Å². The fraction of sp³-hybridized carbons (Fsp3) is 0.500. The van der Waals surface area contributed by atoms with Crippen molar-refractivity contribution in [1.29, 1.82) is 0 Å². The van der Waals surface area contributed by atoms with Crippen LogP contribution < -0.4 is 10.6 Å². The highest BCUT2D eigenvalue weighted by atomic mass is 19.1. The minimum absolute atomic E-state index is 0.270. The maximum Gasteiger partial charge on any atom is 0.257 e. The van der Waals surface area contributed by atoms with Crippen molar-refractivity contribution < 1.29 is 13.6 Å². The fourth-order valence-electron chi connectivity index (χ4n) is 2.30. The van der Waals surface area contributed by atoms with Crippen molar-refractivity contribution in [3.8, 4) is 0 Å². The van der Waals surface area contributed by atoms with Gasteiger partial charge in [0.1, 0.15) is 17.2 Å². The van der Waals surface area contributed by atoms with E-state index in [1.807, 2.05) is 0 Å². The van der Waals surface area contributed by atoms with Gasteiger partial charge in [-0.1, -0.05) is 6.07 Å². The third kappa shape index (κ3) is 3.29. The van der Waals surface area contributed by atoms with Crippen LogP contribution in [0, 0.1) is 24.5 Å². The van der Waals surface area contributed by atoms with Crippen LogP contribution in [0.4, 0.5) is 8.78 Å². The zero-order valence-electron chi connectivity index (χ0n) is 10.9. The van der Waals surface area contributed by atoms with Crippen molar-refractivity contribution in [2.75, 3.05) is 19.6 Å². The lowest BCUT2D eigenvalue weighted by atomic mass is 10.0. The van der Waals surface area contributed by atoms with Gasteiger partial charge >= 0.3 is 0 Å². The molecule has 1 fully saturated rings. The molecule has 5 heteroatoms. The van der Waals surface area contributed by atoms with Crippen LogP contribution >= 0.6 is 0 Å². The average molecular weight is 268 g/mol. The lowest BCUT2D eigenvalue weighted by Crippen LogP contribution is -2.28. The fourth-order valence-corrected chi connectivity index (χ4v) is 2.30. The molecule has 1 amide bonds. The Hall–Kier alpha value is -1.49. The summed E-state index contributed by atoms with van der Waals surface area (Å²) in [6, 6.07) is 2.44. The molecule has 0 bridgehead atoms. The first-order valence-corrected chi connectivity index (χ1v) is 6.53. The van der Waals surface area contributed by atoms with Gasteiger partial charge in [0.25, 0.3) is 5.91 Å². The molecule has 1 saturated heterocycles. The second-order valence-electron chi connectivity index (χ2n) is 4.96. The molecule has 1 aliphatic heterocycles. The molecule has 0 radical (unpaired) electrons. The van der Waals surface area contributed by atoms with Crippen LogP contribution in [0.2, 0.25) is 0 Å². The van der Waals surface area contributed by atoms with Crippen LogP contribution in [0.25, 0.3) is 0 Å². The molecule has 1 aliphatic rings. The third-order valence-corrected chi connectivity index (χ3v) is 3.51. The van der Waals surface area contributed by atoms with Crippen molar-refractivity contribution in [2.45, 2.75) is 19.8 Å². The number of benzene rings is 1. The number of aryl methyl sites for hydroxylation is 1. The summed E-state index contributed by atoms with van der Waals surface area (Å²) in [5, 5.41) is 5.82. The van der Waals surface area contributed by atoms with E-state index in [0.29, 0.717) is 12.5 Å². The largest absolute Gasteiger partial charge is 0.352 e. The van der Waals surface area contributed by atoms with Crippen molar-refractivity contribution in [3.05, 3.63) is 34.9 Å². The minimum Gasteiger partial charge on any atom is -0.352 e. The number of carbonyl (C=O) groups is 1. The standard InChI is InChI=1S/C14H18F2N2O/c1-9-2-3-11(15)12(13(9)16)14(19)18-7-5-10-4-6-17-8-10/h2-3,10,17H,4-8H2,1H3,(H,18,19). The van der Waals surface area contributed by atoms with Gasteiger partial charge in [0.15, 0.2) is 0 Å². The SMILES string of the molecule is Cc1ccc(F)c(C(=O)NCCC2CCNC2)c1F. The van der Waals surface area contributed by atoms with Crippen molar-refractivity contribution >= 4 is 5.91 Å². The first-order chi connectivity index (χ1) is 9.09. The summed E-state index contributed by atoms with van der Waals surface area (Å²) in [7, 11) is 0. The predicted octanol–water partition coefficient (Wildman–Crippen LogP) is 2.00. The van der Waals surface area contributed by atoms with Gasteiger partial charge < -0.3 is 10.6 Å². The summed E-state index contributed by atoms with van der Waals surface area (Å²) in [6.45, 7) is 3.90. The highest BCUT2D eigenvalue weighted by molar-refractivity contribution is 5.94. The first-order valence-electron chi connectivity index (χ1n) is 6.53. The quantitative estimate of drug-likeness (QED) is 0.877. The Morgan fingerprint density at radius 3 is 2.95 bits per heavy atom. The zero-order chi connectivity index (χ0) is 13.8. The van der Waals surface area contributed by atoms with Crippen LogP contribution in [0.3, 0.4) is 0 Å². The molecule has 3 nitrogen and oxygen atoms in total. The van der Waals surface area contributed by atoms with E-state index in [0.717, 1.165) is 32.0 Å². The monoisotopic (exact) mass is 268 g/mol. The molecule has 1 unspecified atom stereocenters. The molecule has 0 aromatic heterocycles. The molecule has 0 spiro atoms. The topological polar surface area (TPSA) is 41.1 Å². The average Bonchev–Trinajstić information content (AvgIpc) is 2.87. The Balaban J connectivity index is 1.94. The maximum atomic E-state index is 13.7. The van der Waals surface area contributed by atoms with Crippen LogP contribution in [0.15, 0.2) is 12.1 Å². The first kappa shape index (κ1) is 13.9. The second kappa shape index (κ2) is 6.10. The molecule has 2 N–H and O–H groups in total. The van der Waals surface area contributed by atoms with E-state index in [2.05, 4.69) is 10.6 Å². The lowest BCUT2D eigenvalue weighted by Gasteiger charge is -2.11. The summed E-state index contributed by atoms with van der Waals surface area (Å²) in [4.78, 5) is 11.8. The highest BCUT2D eigenvalue weighted by Crippen LogP contribution is 2.16. The molecule has 19 heavy (non-hydrogen) atoms. The number of hydrogen-bond acceptors (Lipinski definition) is 2. The van der Waals surface area contributed by atoms with Gasteiger partial charge in [-0.15, -0.1) is 0 Å². The number of carbonyl (C=O) groups excluding carboxylic acids is 1. The summed E-state index contributed by atoms with van der Waals surface area (Å²) in [6.07, 6.45) is 1.91. The summed E-state index contributed by atoms with van der Waals surface area (Å²) in [5.74, 6) is -1.74. The predicted molar refractivity (Wildman–Crippen MR) is 69.0 cm³/mol. The lowest BCUT2D eigenvalue weighted by molar-refractivity contribution is 0.0943. The summed E-state index contributed by atoms with van der Waals surface area (Å²) < 4.78 is 27.2. The second-order valence-corrected chi connectivity index (χ2v) is 4.96. The van der Waals surface area contributed by atoms with Gasteiger partial charge in [0, 0.05) is 6.54 Å². The van der Waals surface area contributed by atoms with Crippen molar-refractivity contribution in [1.82, 2.24) is 10.6 Å². The molecule has 1 atom stereocenters. The van der Waals surface area contributed by atoms with E-state index in [1.165, 1.54) is 13.0 Å². The van der Waals surface area contributed by atoms with Crippen LogP contribution in [0.1, 0.15) is 28.8 Å². The van der Waals surface area contributed by atoms with E-state index in [4.69, 9.17) is 0 Å².